The van der Waals surface area contributed by atoms with Gasteiger partial charge in [0, 0.05) is 11.4 Å². The normalized spacial score (nSPS) is 23.4. The molecule has 2 aromatic rings. The third-order valence-corrected chi connectivity index (χ3v) is 4.68. The number of carbonyl (C=O) groups is 1. The summed E-state index contributed by atoms with van der Waals surface area (Å²) in [6.07, 6.45) is 2.03. The molecular weight excluding hydrogens is 314 g/mol. The summed E-state index contributed by atoms with van der Waals surface area (Å²) in [6, 6.07) is 4.25. The molecule has 0 saturated carbocycles. The number of rotatable bonds is 4. The minimum Gasteiger partial charge on any atom is -0.323 e. The molecule has 2 heterocycles. The average molecular weight is 339 g/mol. The number of amides is 1. The molecule has 1 fully saturated rings. The number of hydrogen-bond donors (Lipinski definition) is 3. The molecule has 25 heavy (non-hydrogen) atoms. The first kappa shape index (κ1) is 17.4. The maximum absolute atomic E-state index is 12.3. The van der Waals surface area contributed by atoms with Crippen LogP contribution in [0.3, 0.4) is 0 Å². The van der Waals surface area contributed by atoms with Gasteiger partial charge < -0.3 is 10.6 Å². The third kappa shape index (κ3) is 3.49. The van der Waals surface area contributed by atoms with E-state index in [1.807, 2.05) is 20.8 Å². The van der Waals surface area contributed by atoms with Crippen LogP contribution >= 0.6 is 0 Å². The summed E-state index contributed by atoms with van der Waals surface area (Å²) in [5, 5.41) is 10.5. The number of fused-ring (bicyclic) bond motifs is 1. The Kier molecular flexibility index (Phi) is 4.72. The van der Waals surface area contributed by atoms with E-state index in [9.17, 15) is 4.79 Å². The van der Waals surface area contributed by atoms with Gasteiger partial charge in [-0.25, -0.2) is 9.97 Å². The molecule has 3 atom stereocenters. The number of hydrogen-bond acceptors (Lipinski definition) is 5. The van der Waals surface area contributed by atoms with Gasteiger partial charge in [-0.05, 0) is 45.7 Å². The molecule has 1 aromatic heterocycles. The zero-order valence-electron chi connectivity index (χ0n) is 15.2. The number of nitrogens with zero attached hydrogens (tertiary/aromatic N) is 2. The monoisotopic (exact) mass is 339 g/mol. The van der Waals surface area contributed by atoms with Crippen molar-refractivity contribution >= 4 is 22.8 Å². The summed E-state index contributed by atoms with van der Waals surface area (Å²) >= 11 is 0. The Morgan fingerprint density at radius 2 is 2.04 bits per heavy atom. The van der Waals surface area contributed by atoms with Crippen molar-refractivity contribution in [2.24, 2.45) is 5.92 Å². The van der Waals surface area contributed by atoms with Gasteiger partial charge in [0.15, 0.2) is 6.29 Å². The summed E-state index contributed by atoms with van der Waals surface area (Å²) in [5.41, 5.74) is 4.16. The summed E-state index contributed by atoms with van der Waals surface area (Å²) in [4.78, 5) is 21.5. The van der Waals surface area contributed by atoms with Gasteiger partial charge in [0.25, 0.3) is 0 Å². The number of benzene rings is 1. The molecule has 1 aliphatic rings. The Labute approximate surface area is 148 Å². The molecule has 1 saturated heterocycles. The van der Waals surface area contributed by atoms with E-state index in [-0.39, 0.29) is 17.9 Å². The molecule has 0 bridgehead atoms. The van der Waals surface area contributed by atoms with Crippen molar-refractivity contribution in [3.8, 4) is 0 Å². The number of anilines is 1. The Balaban J connectivity index is 1.84. The molecule has 0 spiro atoms. The van der Waals surface area contributed by atoms with Crippen molar-refractivity contribution in [2.75, 3.05) is 5.32 Å². The van der Waals surface area contributed by atoms with Gasteiger partial charge in [0.2, 0.25) is 11.9 Å². The van der Waals surface area contributed by atoms with Gasteiger partial charge in [-0.15, -0.1) is 6.58 Å². The SMILES string of the molecule is C=CCC1C(=O)NC(Nc2nc(C)c3cc(C)cc(C)c3n2)NC1C. The number of nitrogens with one attached hydrogen (secondary N) is 3. The van der Waals surface area contributed by atoms with Crippen molar-refractivity contribution in [3.05, 3.63) is 41.6 Å². The molecule has 132 valence electrons. The van der Waals surface area contributed by atoms with E-state index in [2.05, 4.69) is 51.6 Å². The van der Waals surface area contributed by atoms with Crippen LogP contribution in [0.5, 0.6) is 0 Å². The van der Waals surface area contributed by atoms with Crippen LogP contribution < -0.4 is 16.0 Å². The first-order valence-corrected chi connectivity index (χ1v) is 8.58. The smallest absolute Gasteiger partial charge is 0.227 e. The highest BCUT2D eigenvalue weighted by molar-refractivity contribution is 5.85. The van der Waals surface area contributed by atoms with E-state index in [1.54, 1.807) is 6.08 Å². The summed E-state index contributed by atoms with van der Waals surface area (Å²) in [7, 11) is 0. The number of aromatic nitrogens is 2. The molecule has 3 N–H and O–H groups in total. The van der Waals surface area contributed by atoms with Crippen molar-refractivity contribution in [2.45, 2.75) is 46.4 Å². The molecule has 0 radical (unpaired) electrons. The minimum atomic E-state index is -0.397. The first-order valence-electron chi connectivity index (χ1n) is 8.58. The van der Waals surface area contributed by atoms with E-state index in [0.29, 0.717) is 12.4 Å². The summed E-state index contributed by atoms with van der Waals surface area (Å²) in [5.74, 6) is 0.400. The highest BCUT2D eigenvalue weighted by Gasteiger charge is 2.32. The van der Waals surface area contributed by atoms with Crippen molar-refractivity contribution in [3.63, 3.8) is 0 Å². The van der Waals surface area contributed by atoms with Crippen molar-refractivity contribution in [1.82, 2.24) is 20.6 Å². The van der Waals surface area contributed by atoms with Gasteiger partial charge in [-0.2, -0.15) is 0 Å². The maximum atomic E-state index is 12.3. The van der Waals surface area contributed by atoms with Crippen molar-refractivity contribution in [1.29, 1.82) is 0 Å². The highest BCUT2D eigenvalue weighted by atomic mass is 16.2. The second-order valence-electron chi connectivity index (χ2n) is 6.78. The molecule has 6 nitrogen and oxygen atoms in total. The van der Waals surface area contributed by atoms with Crippen LogP contribution in [0.25, 0.3) is 10.9 Å². The largest absolute Gasteiger partial charge is 0.323 e. The van der Waals surface area contributed by atoms with E-state index in [0.717, 1.165) is 22.2 Å². The Bertz CT molecular complexity index is 832. The molecule has 1 amide bonds. The fraction of sp³-hybridized carbons (Fsp3) is 0.421. The van der Waals surface area contributed by atoms with E-state index in [1.165, 1.54) is 5.56 Å². The van der Waals surface area contributed by atoms with Gasteiger partial charge in [0.05, 0.1) is 17.1 Å². The standard InChI is InChI=1S/C19H25N5O/c1-6-7-14-12(4)20-19(23-17(14)25)24-18-21-13(5)15-9-10(2)8-11(3)16(15)22-18/h6,8-9,12,14,19-20H,1,7H2,2-5H3,(H,23,25)(H,21,22,24). The van der Waals surface area contributed by atoms with Crippen LogP contribution in [0.1, 0.15) is 30.2 Å². The zero-order chi connectivity index (χ0) is 18.1. The zero-order valence-corrected chi connectivity index (χ0v) is 15.2. The lowest BCUT2D eigenvalue weighted by Crippen LogP contribution is -2.63. The molecule has 6 heteroatoms. The lowest BCUT2D eigenvalue weighted by Gasteiger charge is -2.35. The minimum absolute atomic E-state index is 0.00738. The summed E-state index contributed by atoms with van der Waals surface area (Å²) < 4.78 is 0. The topological polar surface area (TPSA) is 78.9 Å². The molecule has 3 unspecified atom stereocenters. The second-order valence-corrected chi connectivity index (χ2v) is 6.78. The Morgan fingerprint density at radius 1 is 1.28 bits per heavy atom. The van der Waals surface area contributed by atoms with Crippen LogP contribution in [0.15, 0.2) is 24.8 Å². The Morgan fingerprint density at radius 3 is 2.72 bits per heavy atom. The van der Waals surface area contributed by atoms with E-state index < -0.39 is 6.29 Å². The lowest BCUT2D eigenvalue weighted by atomic mass is 9.94. The number of carbonyl (C=O) groups excluding carboxylic acids is 1. The van der Waals surface area contributed by atoms with E-state index in [4.69, 9.17) is 0 Å². The van der Waals surface area contributed by atoms with E-state index >= 15 is 0 Å². The predicted molar refractivity (Wildman–Crippen MR) is 100 cm³/mol. The molecular formula is C19H25N5O. The van der Waals surface area contributed by atoms with Crippen molar-refractivity contribution < 1.29 is 4.79 Å². The predicted octanol–water partition coefficient (Wildman–Crippen LogP) is 2.55. The lowest BCUT2D eigenvalue weighted by molar-refractivity contribution is -0.128. The fourth-order valence-corrected chi connectivity index (χ4v) is 3.39. The fourth-order valence-electron chi connectivity index (χ4n) is 3.39. The number of aryl methyl sites for hydroxylation is 3. The molecule has 1 aromatic carbocycles. The molecule has 3 rings (SSSR count). The van der Waals surface area contributed by atoms with Crippen LogP contribution in [0.4, 0.5) is 5.95 Å². The maximum Gasteiger partial charge on any atom is 0.227 e. The van der Waals surface area contributed by atoms with Gasteiger partial charge >= 0.3 is 0 Å². The number of allylic oxidation sites excluding steroid dienone is 1. The second kappa shape index (κ2) is 6.80. The van der Waals surface area contributed by atoms with Gasteiger partial charge in [0.1, 0.15) is 0 Å². The van der Waals surface area contributed by atoms with Gasteiger partial charge in [-0.3, -0.25) is 10.1 Å². The summed E-state index contributed by atoms with van der Waals surface area (Å²) in [6.45, 7) is 11.8. The van der Waals surface area contributed by atoms with Gasteiger partial charge in [-0.1, -0.05) is 17.7 Å². The quantitative estimate of drug-likeness (QED) is 0.746. The van der Waals surface area contributed by atoms with Crippen LogP contribution in [-0.2, 0) is 4.79 Å². The average Bonchev–Trinajstić information content (AvgIpc) is 2.52. The van der Waals surface area contributed by atoms with Crippen LogP contribution in [0, 0.1) is 26.7 Å². The first-order chi connectivity index (χ1) is 11.9. The molecule has 0 aliphatic carbocycles. The highest BCUT2D eigenvalue weighted by Crippen LogP contribution is 2.23. The third-order valence-electron chi connectivity index (χ3n) is 4.68. The van der Waals surface area contributed by atoms with Crippen LogP contribution in [-0.4, -0.2) is 28.2 Å². The van der Waals surface area contributed by atoms with Crippen LogP contribution in [0.2, 0.25) is 0 Å². The Hall–Kier alpha value is -2.47. The molecule has 1 aliphatic heterocycles.